The summed E-state index contributed by atoms with van der Waals surface area (Å²) >= 11 is 0. The largest absolute Gasteiger partial charge is 0.452 e. The molecule has 0 N–H and O–H groups in total. The molecule has 0 aliphatic rings. The van der Waals surface area contributed by atoms with Crippen molar-refractivity contribution in [3.05, 3.63) is 170 Å². The minimum Gasteiger partial charge on any atom is -0.452 e. The van der Waals surface area contributed by atoms with Crippen LogP contribution >= 0.6 is 0 Å². The number of oxazole rings is 1. The van der Waals surface area contributed by atoms with Gasteiger partial charge in [-0.2, -0.15) is 0 Å². The maximum Gasteiger partial charge on any atom is 0.180 e. The van der Waals surface area contributed by atoms with Crippen LogP contribution < -0.4 is 0 Å². The first-order valence-corrected chi connectivity index (χ1v) is 10.7. The number of hydrogen-bond donors (Lipinski definition) is 0. The van der Waals surface area contributed by atoms with Crippen molar-refractivity contribution in [1.82, 2.24) is 4.98 Å². The summed E-state index contributed by atoms with van der Waals surface area (Å²) in [5.74, 6) is 0. The van der Waals surface area contributed by atoms with Crippen molar-refractivity contribution in [2.45, 2.75) is 0 Å². The summed E-state index contributed by atoms with van der Waals surface area (Å²) in [5.41, 5.74) is 3.64. The summed E-state index contributed by atoms with van der Waals surface area (Å²) in [6, 6.07) is 42.7. The molecule has 0 aliphatic carbocycles. The second-order valence-electron chi connectivity index (χ2n) is 6.60. The van der Waals surface area contributed by atoms with Crippen LogP contribution in [0.25, 0.3) is 18.2 Å². The first-order valence-electron chi connectivity index (χ1n) is 10.7. The number of hydrogen-bond acceptors (Lipinski definition) is 2. The van der Waals surface area contributed by atoms with Gasteiger partial charge in [0, 0.05) is 0 Å². The molecule has 2 nitrogen and oxygen atoms in total. The van der Waals surface area contributed by atoms with Crippen LogP contribution in [-0.4, -0.2) is 4.98 Å². The Morgan fingerprint density at radius 1 is 0.515 bits per heavy atom. The van der Waals surface area contributed by atoms with Gasteiger partial charge in [0.15, 0.2) is 6.39 Å². The standard InChI is InChI=1S/C14H12.C8H8.C6H6.C3H3NO/c1-3-7-13(8-4-1)11-12-14-9-5-2-6-10-14;1-2-8-6-4-3-5-7-8;1-2-4-6-5-3-1;1-2-5-3-4-1/h1-12H;2-7H,1H2;1-6H;1-3H. The fraction of sp³-hybridized carbons (Fsp3) is 0. The topological polar surface area (TPSA) is 26.0 Å². The van der Waals surface area contributed by atoms with Crippen molar-refractivity contribution in [3.63, 3.8) is 0 Å². The summed E-state index contributed by atoms with van der Waals surface area (Å²) in [7, 11) is 0. The molecule has 1 heterocycles. The van der Waals surface area contributed by atoms with Crippen LogP contribution in [0.5, 0.6) is 0 Å². The molecule has 2 heteroatoms. The van der Waals surface area contributed by atoms with Crippen LogP contribution in [0, 0.1) is 0 Å². The van der Waals surface area contributed by atoms with Crippen molar-refractivity contribution in [3.8, 4) is 0 Å². The minimum absolute atomic E-state index is 1.17. The normalized spacial score (nSPS) is 9.21. The summed E-state index contributed by atoms with van der Waals surface area (Å²) in [6.07, 6.45) is 10.5. The number of aromatic nitrogens is 1. The lowest BCUT2D eigenvalue weighted by atomic mass is 10.1. The van der Waals surface area contributed by atoms with E-state index in [4.69, 9.17) is 0 Å². The van der Waals surface area contributed by atoms with E-state index in [1.807, 2.05) is 109 Å². The Kier molecular flexibility index (Phi) is 13.0. The molecule has 0 atom stereocenters. The van der Waals surface area contributed by atoms with Crippen LogP contribution in [0.4, 0.5) is 0 Å². The molecule has 5 aromatic rings. The molecule has 0 saturated heterocycles. The Morgan fingerprint density at radius 3 is 1.12 bits per heavy atom. The zero-order valence-corrected chi connectivity index (χ0v) is 18.7. The zero-order valence-electron chi connectivity index (χ0n) is 18.7. The lowest BCUT2D eigenvalue weighted by Crippen LogP contribution is -1.70. The monoisotopic (exact) mass is 431 g/mol. The molecule has 0 aliphatic heterocycles. The fourth-order valence-corrected chi connectivity index (χ4v) is 2.47. The molecule has 0 unspecified atom stereocenters. The highest BCUT2D eigenvalue weighted by molar-refractivity contribution is 5.69. The molecule has 0 spiro atoms. The summed E-state index contributed by atoms with van der Waals surface area (Å²) < 4.78 is 4.47. The zero-order chi connectivity index (χ0) is 23.2. The van der Waals surface area contributed by atoms with E-state index in [1.54, 1.807) is 6.20 Å². The van der Waals surface area contributed by atoms with Crippen molar-refractivity contribution >= 4 is 18.2 Å². The molecule has 4 aromatic carbocycles. The third kappa shape index (κ3) is 12.8. The Bertz CT molecular complexity index is 1000. The average Bonchev–Trinajstić information content (AvgIpc) is 3.52. The highest BCUT2D eigenvalue weighted by Crippen LogP contribution is 2.07. The van der Waals surface area contributed by atoms with Crippen LogP contribution in [0.15, 0.2) is 157 Å². The molecule has 0 radical (unpaired) electrons. The number of rotatable bonds is 3. The highest BCUT2D eigenvalue weighted by atomic mass is 16.3. The molecule has 164 valence electrons. The predicted molar refractivity (Wildman–Crippen MR) is 141 cm³/mol. The van der Waals surface area contributed by atoms with Gasteiger partial charge in [0.1, 0.15) is 6.26 Å². The second-order valence-corrected chi connectivity index (χ2v) is 6.60. The van der Waals surface area contributed by atoms with Crippen molar-refractivity contribution in [2.24, 2.45) is 0 Å². The van der Waals surface area contributed by atoms with E-state index in [9.17, 15) is 0 Å². The number of nitrogens with zero attached hydrogens (tertiary/aromatic N) is 1. The van der Waals surface area contributed by atoms with Crippen molar-refractivity contribution in [1.29, 1.82) is 0 Å². The van der Waals surface area contributed by atoms with Crippen LogP contribution in [-0.2, 0) is 0 Å². The van der Waals surface area contributed by atoms with Crippen LogP contribution in [0.1, 0.15) is 16.7 Å². The molecular weight excluding hydrogens is 402 g/mol. The van der Waals surface area contributed by atoms with Crippen LogP contribution in [0.3, 0.4) is 0 Å². The first kappa shape index (κ1) is 24.8. The van der Waals surface area contributed by atoms with E-state index in [1.165, 1.54) is 29.3 Å². The van der Waals surface area contributed by atoms with Crippen LogP contribution in [0.2, 0.25) is 0 Å². The summed E-state index contributed by atoms with van der Waals surface area (Å²) in [6.45, 7) is 3.63. The summed E-state index contributed by atoms with van der Waals surface area (Å²) in [4.78, 5) is 3.56. The Hall–Kier alpha value is -4.43. The third-order valence-electron chi connectivity index (χ3n) is 4.12. The van der Waals surface area contributed by atoms with Gasteiger partial charge in [-0.3, -0.25) is 0 Å². The van der Waals surface area contributed by atoms with E-state index >= 15 is 0 Å². The maximum atomic E-state index is 4.47. The minimum atomic E-state index is 1.17. The van der Waals surface area contributed by atoms with E-state index < -0.39 is 0 Å². The third-order valence-corrected chi connectivity index (χ3v) is 4.12. The quantitative estimate of drug-likeness (QED) is 0.267. The lowest BCUT2D eigenvalue weighted by Gasteiger charge is -1.92. The van der Waals surface area contributed by atoms with Gasteiger partial charge in [-0.1, -0.05) is 152 Å². The van der Waals surface area contributed by atoms with Gasteiger partial charge in [-0.15, -0.1) is 0 Å². The molecule has 33 heavy (non-hydrogen) atoms. The molecule has 0 amide bonds. The van der Waals surface area contributed by atoms with Gasteiger partial charge in [0.25, 0.3) is 0 Å². The Morgan fingerprint density at radius 2 is 0.879 bits per heavy atom. The molecule has 1 aromatic heterocycles. The smallest absolute Gasteiger partial charge is 0.180 e. The molecular formula is C31H29NO. The van der Waals surface area contributed by atoms with Gasteiger partial charge < -0.3 is 4.42 Å². The van der Waals surface area contributed by atoms with Gasteiger partial charge in [0.2, 0.25) is 0 Å². The Labute approximate surface area is 197 Å². The maximum absolute atomic E-state index is 4.47. The van der Waals surface area contributed by atoms with Gasteiger partial charge in [0.05, 0.1) is 6.20 Å². The molecule has 0 saturated carbocycles. The van der Waals surface area contributed by atoms with E-state index in [2.05, 4.69) is 52.4 Å². The van der Waals surface area contributed by atoms with Crippen molar-refractivity contribution in [2.75, 3.05) is 0 Å². The fourth-order valence-electron chi connectivity index (χ4n) is 2.47. The molecule has 5 rings (SSSR count). The highest BCUT2D eigenvalue weighted by Gasteiger charge is 1.84. The van der Waals surface area contributed by atoms with E-state index in [0.29, 0.717) is 0 Å². The van der Waals surface area contributed by atoms with E-state index in [-0.39, 0.29) is 0 Å². The molecule has 0 fully saturated rings. The average molecular weight is 432 g/mol. The van der Waals surface area contributed by atoms with Gasteiger partial charge in [-0.25, -0.2) is 4.98 Å². The second kappa shape index (κ2) is 17.3. The SMILES string of the molecule is C(=Cc1ccccc1)c1ccccc1.C=Cc1ccccc1.c1ccccc1.c1cocn1. The lowest BCUT2D eigenvalue weighted by molar-refractivity contribution is 0.558. The Balaban J connectivity index is 0.000000171. The predicted octanol–water partition coefficient (Wildman–Crippen LogP) is 8.55. The summed E-state index contributed by atoms with van der Waals surface area (Å²) in [5, 5.41) is 0. The first-order chi connectivity index (χ1) is 16.4. The number of benzene rings is 4. The van der Waals surface area contributed by atoms with Gasteiger partial charge in [-0.05, 0) is 16.7 Å². The molecule has 0 bridgehead atoms. The van der Waals surface area contributed by atoms with E-state index in [0.717, 1.165) is 0 Å². The van der Waals surface area contributed by atoms with Crippen molar-refractivity contribution < 1.29 is 4.42 Å². The van der Waals surface area contributed by atoms with Gasteiger partial charge >= 0.3 is 0 Å².